The molecule has 0 radical (unpaired) electrons. The molecule has 1 aromatic heterocycles. The SMILES string of the molecule is CC(OCCn1cc(CN)nn1)C(F)(F)F. The van der Waals surface area contributed by atoms with Crippen molar-refractivity contribution in [2.24, 2.45) is 5.73 Å². The molecule has 0 aliphatic heterocycles. The van der Waals surface area contributed by atoms with Crippen LogP contribution < -0.4 is 5.73 Å². The minimum atomic E-state index is -4.33. The van der Waals surface area contributed by atoms with Crippen molar-refractivity contribution in [2.45, 2.75) is 32.3 Å². The van der Waals surface area contributed by atoms with Crippen LogP contribution in [0.4, 0.5) is 13.2 Å². The summed E-state index contributed by atoms with van der Waals surface area (Å²) in [5.74, 6) is 0. The van der Waals surface area contributed by atoms with Gasteiger partial charge in [-0.25, -0.2) is 4.68 Å². The summed E-state index contributed by atoms with van der Waals surface area (Å²) in [6.07, 6.45) is -4.53. The maximum absolute atomic E-state index is 12.1. The molecule has 0 saturated heterocycles. The van der Waals surface area contributed by atoms with E-state index in [0.29, 0.717) is 5.69 Å². The van der Waals surface area contributed by atoms with Crippen molar-refractivity contribution >= 4 is 0 Å². The van der Waals surface area contributed by atoms with Crippen LogP contribution in [0.25, 0.3) is 0 Å². The first-order valence-electron chi connectivity index (χ1n) is 4.71. The molecule has 0 fully saturated rings. The third-order valence-electron chi connectivity index (χ3n) is 1.94. The standard InChI is InChI=1S/C8H13F3N4O/c1-6(8(9,10)11)16-3-2-15-5-7(4-12)13-14-15/h5-6H,2-4,12H2,1H3. The fourth-order valence-electron chi connectivity index (χ4n) is 0.959. The molecule has 1 atom stereocenters. The maximum atomic E-state index is 12.1. The van der Waals surface area contributed by atoms with E-state index in [1.165, 1.54) is 4.68 Å². The van der Waals surface area contributed by atoms with Gasteiger partial charge in [0.1, 0.15) is 0 Å². The van der Waals surface area contributed by atoms with Crippen molar-refractivity contribution in [2.75, 3.05) is 6.61 Å². The summed E-state index contributed by atoms with van der Waals surface area (Å²) in [6, 6.07) is 0. The van der Waals surface area contributed by atoms with Crippen molar-refractivity contribution < 1.29 is 17.9 Å². The van der Waals surface area contributed by atoms with Gasteiger partial charge in [0.2, 0.25) is 0 Å². The Morgan fingerprint density at radius 1 is 1.56 bits per heavy atom. The van der Waals surface area contributed by atoms with Crippen LogP contribution in [0.3, 0.4) is 0 Å². The van der Waals surface area contributed by atoms with Crippen molar-refractivity contribution in [3.8, 4) is 0 Å². The number of nitrogens with two attached hydrogens (primary N) is 1. The summed E-state index contributed by atoms with van der Waals surface area (Å²) in [5, 5.41) is 7.36. The van der Waals surface area contributed by atoms with Gasteiger partial charge in [0.15, 0.2) is 6.10 Å². The Morgan fingerprint density at radius 2 is 2.25 bits per heavy atom. The quantitative estimate of drug-likeness (QED) is 0.820. The lowest BCUT2D eigenvalue weighted by Crippen LogP contribution is -2.29. The first-order chi connectivity index (χ1) is 7.43. The smallest absolute Gasteiger partial charge is 0.367 e. The molecule has 92 valence electrons. The molecule has 1 rings (SSSR count). The van der Waals surface area contributed by atoms with E-state index in [1.54, 1.807) is 6.20 Å². The lowest BCUT2D eigenvalue weighted by atomic mass is 10.4. The number of hydrogen-bond donors (Lipinski definition) is 1. The molecule has 0 aromatic carbocycles. The molecule has 1 aromatic rings. The first kappa shape index (κ1) is 12.9. The summed E-state index contributed by atoms with van der Waals surface area (Å²) in [5.41, 5.74) is 5.89. The number of rotatable bonds is 5. The van der Waals surface area contributed by atoms with E-state index >= 15 is 0 Å². The molecule has 5 nitrogen and oxygen atoms in total. The average molecular weight is 238 g/mol. The van der Waals surface area contributed by atoms with Gasteiger partial charge < -0.3 is 10.5 Å². The predicted molar refractivity (Wildman–Crippen MR) is 49.4 cm³/mol. The van der Waals surface area contributed by atoms with E-state index < -0.39 is 12.3 Å². The molecular formula is C8H13F3N4O. The third kappa shape index (κ3) is 3.78. The summed E-state index contributed by atoms with van der Waals surface area (Å²) < 4.78 is 42.2. The minimum absolute atomic E-state index is 0.0753. The summed E-state index contributed by atoms with van der Waals surface area (Å²) in [4.78, 5) is 0. The van der Waals surface area contributed by atoms with E-state index in [-0.39, 0.29) is 19.7 Å². The van der Waals surface area contributed by atoms with Crippen molar-refractivity contribution in [1.29, 1.82) is 0 Å². The molecule has 1 unspecified atom stereocenters. The maximum Gasteiger partial charge on any atom is 0.414 e. The van der Waals surface area contributed by atoms with Crippen LogP contribution in [-0.2, 0) is 17.8 Å². The number of halogens is 3. The number of ether oxygens (including phenoxy) is 1. The largest absolute Gasteiger partial charge is 0.414 e. The van der Waals surface area contributed by atoms with E-state index in [2.05, 4.69) is 15.0 Å². The molecule has 0 aliphatic carbocycles. The highest BCUT2D eigenvalue weighted by Gasteiger charge is 2.36. The fraction of sp³-hybridized carbons (Fsp3) is 0.750. The molecule has 0 aliphatic rings. The molecule has 0 amide bonds. The van der Waals surface area contributed by atoms with Gasteiger partial charge in [0.05, 0.1) is 18.8 Å². The Bertz CT molecular complexity index is 325. The average Bonchev–Trinajstić information content (AvgIpc) is 2.64. The second-order valence-electron chi connectivity index (χ2n) is 3.23. The molecule has 1 heterocycles. The molecule has 0 bridgehead atoms. The van der Waals surface area contributed by atoms with Crippen LogP contribution >= 0.6 is 0 Å². The summed E-state index contributed by atoms with van der Waals surface area (Å²) in [6.45, 7) is 1.36. The Kier molecular flexibility index (Phi) is 4.25. The first-order valence-corrected chi connectivity index (χ1v) is 4.71. The van der Waals surface area contributed by atoms with E-state index in [9.17, 15) is 13.2 Å². The van der Waals surface area contributed by atoms with Crippen LogP contribution in [0.1, 0.15) is 12.6 Å². The highest BCUT2D eigenvalue weighted by atomic mass is 19.4. The van der Waals surface area contributed by atoms with Crippen LogP contribution in [0.15, 0.2) is 6.20 Å². The van der Waals surface area contributed by atoms with Crippen LogP contribution in [0, 0.1) is 0 Å². The Balaban J connectivity index is 2.30. The lowest BCUT2D eigenvalue weighted by molar-refractivity contribution is -0.214. The molecule has 16 heavy (non-hydrogen) atoms. The normalized spacial score (nSPS) is 14.1. The fourth-order valence-corrected chi connectivity index (χ4v) is 0.959. The van der Waals surface area contributed by atoms with Gasteiger partial charge in [-0.05, 0) is 6.92 Å². The number of aromatic nitrogens is 3. The minimum Gasteiger partial charge on any atom is -0.367 e. The van der Waals surface area contributed by atoms with Crippen molar-refractivity contribution in [3.63, 3.8) is 0 Å². The van der Waals surface area contributed by atoms with Gasteiger partial charge in [-0.15, -0.1) is 5.10 Å². The zero-order valence-corrected chi connectivity index (χ0v) is 8.74. The van der Waals surface area contributed by atoms with Gasteiger partial charge >= 0.3 is 6.18 Å². The zero-order chi connectivity index (χ0) is 12.2. The highest BCUT2D eigenvalue weighted by molar-refractivity contribution is 4.90. The Hall–Kier alpha value is -1.15. The Labute approximate surface area is 90.4 Å². The van der Waals surface area contributed by atoms with Gasteiger partial charge in [-0.1, -0.05) is 5.21 Å². The van der Waals surface area contributed by atoms with Crippen molar-refractivity contribution in [3.05, 3.63) is 11.9 Å². The molecule has 0 saturated carbocycles. The van der Waals surface area contributed by atoms with Gasteiger partial charge in [-0.2, -0.15) is 13.2 Å². The third-order valence-corrected chi connectivity index (χ3v) is 1.94. The topological polar surface area (TPSA) is 66.0 Å². The lowest BCUT2D eigenvalue weighted by Gasteiger charge is -2.15. The van der Waals surface area contributed by atoms with E-state index in [4.69, 9.17) is 5.73 Å². The van der Waals surface area contributed by atoms with Crippen LogP contribution in [0.5, 0.6) is 0 Å². The molecule has 2 N–H and O–H groups in total. The van der Waals surface area contributed by atoms with Gasteiger partial charge in [0.25, 0.3) is 0 Å². The predicted octanol–water partition coefficient (Wildman–Crippen LogP) is 0.704. The van der Waals surface area contributed by atoms with E-state index in [0.717, 1.165) is 6.92 Å². The van der Waals surface area contributed by atoms with Gasteiger partial charge in [-0.3, -0.25) is 0 Å². The molecular weight excluding hydrogens is 225 g/mol. The number of alkyl halides is 3. The number of nitrogens with zero attached hydrogens (tertiary/aromatic N) is 3. The van der Waals surface area contributed by atoms with Gasteiger partial charge in [0, 0.05) is 12.7 Å². The second kappa shape index (κ2) is 5.26. The zero-order valence-electron chi connectivity index (χ0n) is 8.74. The molecule has 0 spiro atoms. The summed E-state index contributed by atoms with van der Waals surface area (Å²) >= 11 is 0. The van der Waals surface area contributed by atoms with E-state index in [1.807, 2.05) is 0 Å². The second-order valence-corrected chi connectivity index (χ2v) is 3.23. The number of hydrogen-bond acceptors (Lipinski definition) is 4. The highest BCUT2D eigenvalue weighted by Crippen LogP contribution is 2.22. The van der Waals surface area contributed by atoms with Crippen LogP contribution in [0.2, 0.25) is 0 Å². The van der Waals surface area contributed by atoms with Crippen LogP contribution in [-0.4, -0.2) is 33.9 Å². The monoisotopic (exact) mass is 238 g/mol. The molecule has 8 heteroatoms. The van der Waals surface area contributed by atoms with Crippen molar-refractivity contribution in [1.82, 2.24) is 15.0 Å². The summed E-state index contributed by atoms with van der Waals surface area (Å²) in [7, 11) is 0. The Morgan fingerprint density at radius 3 is 2.75 bits per heavy atom.